The van der Waals surface area contributed by atoms with Crippen molar-refractivity contribution < 1.29 is 23.4 Å². The van der Waals surface area contributed by atoms with Gasteiger partial charge in [-0.25, -0.2) is 8.42 Å². The molecule has 1 rings (SSSR count). The van der Waals surface area contributed by atoms with E-state index in [4.69, 9.17) is 9.84 Å². The van der Waals surface area contributed by atoms with Gasteiger partial charge in [0.2, 0.25) is 10.0 Å². The second-order valence-electron chi connectivity index (χ2n) is 4.46. The second kappa shape index (κ2) is 7.43. The summed E-state index contributed by atoms with van der Waals surface area (Å²) in [7, 11) is -0.873. The Morgan fingerprint density at radius 2 is 2.10 bits per heavy atom. The molecule has 0 saturated carbocycles. The SMILES string of the molecule is COc1ccc(S(=O)(=O)N(C)CC(C)O)cc1C#CCO. The van der Waals surface area contributed by atoms with Crippen molar-refractivity contribution in [3.63, 3.8) is 0 Å². The molecular formula is C14H19NO5S. The average molecular weight is 313 g/mol. The van der Waals surface area contributed by atoms with Gasteiger partial charge in [0.25, 0.3) is 0 Å². The van der Waals surface area contributed by atoms with Gasteiger partial charge in [0, 0.05) is 13.6 Å². The van der Waals surface area contributed by atoms with Crippen molar-refractivity contribution >= 4 is 10.0 Å². The number of hydrogen-bond acceptors (Lipinski definition) is 5. The van der Waals surface area contributed by atoms with E-state index < -0.39 is 16.1 Å². The van der Waals surface area contributed by atoms with Gasteiger partial charge in [0.1, 0.15) is 12.4 Å². The van der Waals surface area contributed by atoms with Crippen molar-refractivity contribution in [3.05, 3.63) is 23.8 Å². The highest BCUT2D eigenvalue weighted by atomic mass is 32.2. The molecule has 0 saturated heterocycles. The molecule has 6 nitrogen and oxygen atoms in total. The van der Waals surface area contributed by atoms with E-state index in [9.17, 15) is 13.5 Å². The Morgan fingerprint density at radius 3 is 2.62 bits per heavy atom. The normalized spacial score (nSPS) is 12.7. The smallest absolute Gasteiger partial charge is 0.242 e. The molecule has 21 heavy (non-hydrogen) atoms. The van der Waals surface area contributed by atoms with Gasteiger partial charge in [-0.1, -0.05) is 11.8 Å². The zero-order valence-corrected chi connectivity index (χ0v) is 13.0. The van der Waals surface area contributed by atoms with Crippen LogP contribution >= 0.6 is 0 Å². The Balaban J connectivity index is 3.25. The summed E-state index contributed by atoms with van der Waals surface area (Å²) >= 11 is 0. The number of aliphatic hydroxyl groups is 2. The fourth-order valence-electron chi connectivity index (χ4n) is 1.73. The van der Waals surface area contributed by atoms with Crippen molar-refractivity contribution in [1.82, 2.24) is 4.31 Å². The monoisotopic (exact) mass is 313 g/mol. The fraction of sp³-hybridized carbons (Fsp3) is 0.429. The van der Waals surface area contributed by atoms with E-state index >= 15 is 0 Å². The maximum Gasteiger partial charge on any atom is 0.242 e. The molecule has 0 amide bonds. The predicted octanol–water partition coefficient (Wildman–Crippen LogP) is 0.0403. The number of ether oxygens (including phenoxy) is 1. The minimum Gasteiger partial charge on any atom is -0.495 e. The molecule has 0 bridgehead atoms. The highest BCUT2D eigenvalue weighted by Gasteiger charge is 2.22. The first-order valence-electron chi connectivity index (χ1n) is 6.25. The molecule has 1 unspecified atom stereocenters. The molecule has 1 aromatic rings. The number of hydrogen-bond donors (Lipinski definition) is 2. The zero-order valence-electron chi connectivity index (χ0n) is 12.2. The van der Waals surface area contributed by atoms with Gasteiger partial charge < -0.3 is 14.9 Å². The summed E-state index contributed by atoms with van der Waals surface area (Å²) < 4.78 is 30.9. The van der Waals surface area contributed by atoms with Crippen LogP contribution < -0.4 is 4.74 Å². The van der Waals surface area contributed by atoms with Crippen LogP contribution in [0.5, 0.6) is 5.75 Å². The highest BCUT2D eigenvalue weighted by Crippen LogP contribution is 2.23. The van der Waals surface area contributed by atoms with Crippen LogP contribution in [0, 0.1) is 11.8 Å². The Labute approximate surface area is 125 Å². The Morgan fingerprint density at radius 1 is 1.43 bits per heavy atom. The third-order valence-electron chi connectivity index (χ3n) is 2.70. The molecule has 0 aliphatic rings. The van der Waals surface area contributed by atoms with Gasteiger partial charge in [0.05, 0.1) is 23.7 Å². The maximum absolute atomic E-state index is 12.4. The van der Waals surface area contributed by atoms with Gasteiger partial charge in [-0.15, -0.1) is 0 Å². The van der Waals surface area contributed by atoms with Crippen molar-refractivity contribution in [2.45, 2.75) is 17.9 Å². The molecule has 7 heteroatoms. The van der Waals surface area contributed by atoms with Crippen molar-refractivity contribution in [3.8, 4) is 17.6 Å². The first kappa shape index (κ1) is 17.5. The van der Waals surface area contributed by atoms with Crippen molar-refractivity contribution in [2.75, 3.05) is 27.3 Å². The first-order chi connectivity index (χ1) is 9.82. The quantitative estimate of drug-likeness (QED) is 0.750. The van der Waals surface area contributed by atoms with Gasteiger partial charge in [-0.2, -0.15) is 4.31 Å². The number of sulfonamides is 1. The predicted molar refractivity (Wildman–Crippen MR) is 78.5 cm³/mol. The first-order valence-corrected chi connectivity index (χ1v) is 7.69. The molecule has 0 heterocycles. The molecule has 2 N–H and O–H groups in total. The van der Waals surface area contributed by atoms with Gasteiger partial charge in [-0.3, -0.25) is 0 Å². The van der Waals surface area contributed by atoms with Crippen LogP contribution in [-0.4, -0.2) is 56.3 Å². The molecule has 0 radical (unpaired) electrons. The number of aliphatic hydroxyl groups excluding tert-OH is 2. The van der Waals surface area contributed by atoms with Crippen LogP contribution in [0.25, 0.3) is 0 Å². The van der Waals surface area contributed by atoms with E-state index in [2.05, 4.69) is 11.8 Å². The molecule has 0 fully saturated rings. The standard InChI is InChI=1S/C14H19NO5S/c1-11(17)10-15(2)21(18,19)13-6-7-14(20-3)12(9-13)5-4-8-16/h6-7,9,11,16-17H,8,10H2,1-3H3. The lowest BCUT2D eigenvalue weighted by atomic mass is 10.2. The number of likely N-dealkylation sites (N-methyl/N-ethyl adjacent to an activating group) is 1. The minimum absolute atomic E-state index is 0.00792. The van der Waals surface area contributed by atoms with Crippen LogP contribution in [0.2, 0.25) is 0 Å². The number of rotatable bonds is 5. The molecule has 116 valence electrons. The van der Waals surface area contributed by atoms with Crippen LogP contribution in [0.3, 0.4) is 0 Å². The third kappa shape index (κ3) is 4.44. The summed E-state index contributed by atoms with van der Waals surface area (Å²) in [6, 6.07) is 4.30. The van der Waals surface area contributed by atoms with Crippen LogP contribution in [-0.2, 0) is 10.0 Å². The summed E-state index contributed by atoms with van der Waals surface area (Å²) in [5.74, 6) is 5.53. The Hall–Kier alpha value is -1.59. The van der Waals surface area contributed by atoms with Gasteiger partial charge in [-0.05, 0) is 25.1 Å². The Bertz CT molecular complexity index is 643. The third-order valence-corrected chi connectivity index (χ3v) is 4.52. The minimum atomic E-state index is -3.72. The molecule has 0 aliphatic heterocycles. The summed E-state index contributed by atoms with van der Waals surface area (Å²) in [5.41, 5.74) is 0.373. The van der Waals surface area contributed by atoms with E-state index in [-0.39, 0.29) is 18.0 Å². The van der Waals surface area contributed by atoms with E-state index in [1.165, 1.54) is 39.3 Å². The highest BCUT2D eigenvalue weighted by molar-refractivity contribution is 7.89. The molecule has 0 spiro atoms. The molecular weight excluding hydrogens is 294 g/mol. The average Bonchev–Trinajstić information content (AvgIpc) is 2.43. The largest absolute Gasteiger partial charge is 0.495 e. The molecule has 0 aromatic heterocycles. The van der Waals surface area contributed by atoms with E-state index in [1.54, 1.807) is 0 Å². The lowest BCUT2D eigenvalue weighted by Crippen LogP contribution is -2.33. The summed E-state index contributed by atoms with van der Waals surface area (Å²) in [4.78, 5) is 0.0497. The topological polar surface area (TPSA) is 87.1 Å². The summed E-state index contributed by atoms with van der Waals surface area (Å²) in [5, 5.41) is 18.0. The second-order valence-corrected chi connectivity index (χ2v) is 6.50. The number of benzene rings is 1. The fourth-order valence-corrected chi connectivity index (χ4v) is 3.01. The zero-order chi connectivity index (χ0) is 16.0. The molecule has 1 atom stereocenters. The van der Waals surface area contributed by atoms with Crippen LogP contribution in [0.15, 0.2) is 23.1 Å². The molecule has 0 aliphatic carbocycles. The van der Waals surface area contributed by atoms with Crippen molar-refractivity contribution in [2.24, 2.45) is 0 Å². The molecule has 1 aromatic carbocycles. The van der Waals surface area contributed by atoms with E-state index in [0.717, 1.165) is 4.31 Å². The maximum atomic E-state index is 12.4. The number of methoxy groups -OCH3 is 1. The van der Waals surface area contributed by atoms with Crippen LogP contribution in [0.4, 0.5) is 0 Å². The Kier molecular flexibility index (Phi) is 6.18. The van der Waals surface area contributed by atoms with Gasteiger partial charge in [0.15, 0.2) is 0 Å². The van der Waals surface area contributed by atoms with E-state index in [1.807, 2.05) is 0 Å². The van der Waals surface area contributed by atoms with E-state index in [0.29, 0.717) is 11.3 Å². The van der Waals surface area contributed by atoms with Crippen LogP contribution in [0.1, 0.15) is 12.5 Å². The number of nitrogens with zero attached hydrogens (tertiary/aromatic N) is 1. The lowest BCUT2D eigenvalue weighted by Gasteiger charge is -2.19. The van der Waals surface area contributed by atoms with Crippen molar-refractivity contribution in [1.29, 1.82) is 0 Å². The summed E-state index contributed by atoms with van der Waals surface area (Å²) in [6.45, 7) is 1.17. The summed E-state index contributed by atoms with van der Waals surface area (Å²) in [6.07, 6.45) is -0.767. The van der Waals surface area contributed by atoms with Gasteiger partial charge >= 0.3 is 0 Å². The lowest BCUT2D eigenvalue weighted by molar-refractivity contribution is 0.171.